The van der Waals surface area contributed by atoms with Crippen LogP contribution in [0, 0.1) is 12.8 Å². The number of aliphatic hydroxyl groups excluding tert-OH is 1. The van der Waals surface area contributed by atoms with Crippen LogP contribution in [0.25, 0.3) is 0 Å². The van der Waals surface area contributed by atoms with E-state index in [2.05, 4.69) is 15.6 Å². The Kier molecular flexibility index (Phi) is 5.30. The predicted molar refractivity (Wildman–Crippen MR) is 87.5 cm³/mol. The number of nitrogens with one attached hydrogen (secondary N) is 1. The largest absolute Gasteiger partial charge is 0.396 e. The van der Waals surface area contributed by atoms with Gasteiger partial charge in [0.1, 0.15) is 6.54 Å². The number of carbonyl (C=O) groups excluding carboxylic acids is 1. The van der Waals surface area contributed by atoms with Gasteiger partial charge in [0.2, 0.25) is 0 Å². The van der Waals surface area contributed by atoms with E-state index in [1.807, 2.05) is 13.1 Å². The fourth-order valence-electron chi connectivity index (χ4n) is 3.24. The number of aromatic nitrogens is 3. The summed E-state index contributed by atoms with van der Waals surface area (Å²) in [5, 5.41) is 20.6. The Labute approximate surface area is 141 Å². The van der Waals surface area contributed by atoms with Crippen LogP contribution in [0.3, 0.4) is 0 Å². The van der Waals surface area contributed by atoms with Crippen LogP contribution in [0.1, 0.15) is 53.9 Å². The topological polar surface area (TPSA) is 93.2 Å². The molecule has 2 N–H and O–H groups in total. The summed E-state index contributed by atoms with van der Waals surface area (Å²) in [4.78, 5) is 12.4. The summed E-state index contributed by atoms with van der Waals surface area (Å²) in [5.74, 6) is 0.463. The Morgan fingerprint density at radius 3 is 3.00 bits per heavy atom. The van der Waals surface area contributed by atoms with Crippen molar-refractivity contribution < 1.29 is 14.4 Å². The minimum atomic E-state index is -0.244. The normalized spacial score (nSPS) is 21.4. The van der Waals surface area contributed by atoms with Gasteiger partial charge in [-0.2, -0.15) is 5.10 Å². The molecular formula is C17H24N4O3. The van der Waals surface area contributed by atoms with Gasteiger partial charge in [-0.1, -0.05) is 24.4 Å². The third-order valence-electron chi connectivity index (χ3n) is 4.58. The molecule has 7 nitrogen and oxygen atoms in total. The van der Waals surface area contributed by atoms with Crippen LogP contribution in [0.15, 0.2) is 23.0 Å². The molecule has 0 spiro atoms. The minimum Gasteiger partial charge on any atom is -0.396 e. The molecule has 7 heteroatoms. The summed E-state index contributed by atoms with van der Waals surface area (Å²) >= 11 is 0. The van der Waals surface area contributed by atoms with Crippen molar-refractivity contribution >= 4 is 5.91 Å². The molecule has 1 aliphatic rings. The lowest BCUT2D eigenvalue weighted by Crippen LogP contribution is -2.41. The van der Waals surface area contributed by atoms with Crippen molar-refractivity contribution in [2.45, 2.75) is 51.6 Å². The van der Waals surface area contributed by atoms with Crippen LogP contribution in [-0.4, -0.2) is 38.6 Å². The number of hydrogen-bond acceptors (Lipinski definition) is 5. The number of nitrogens with zero attached hydrogens (tertiary/aromatic N) is 3. The maximum Gasteiger partial charge on any atom is 0.273 e. The lowest BCUT2D eigenvalue weighted by molar-refractivity contribution is 0.0890. The van der Waals surface area contributed by atoms with Crippen LogP contribution >= 0.6 is 0 Å². The molecule has 0 bridgehead atoms. The van der Waals surface area contributed by atoms with Gasteiger partial charge in [-0.25, -0.2) is 0 Å². The molecule has 24 heavy (non-hydrogen) atoms. The second-order valence-corrected chi connectivity index (χ2v) is 6.55. The summed E-state index contributed by atoms with van der Waals surface area (Å²) in [6.45, 7) is 2.51. The molecule has 2 atom stereocenters. The number of aryl methyl sites for hydroxylation is 1. The molecular weight excluding hydrogens is 308 g/mol. The zero-order chi connectivity index (χ0) is 16.9. The molecule has 130 valence electrons. The third kappa shape index (κ3) is 4.03. The molecule has 1 aliphatic carbocycles. The van der Waals surface area contributed by atoms with Crippen LogP contribution in [0.2, 0.25) is 0 Å². The summed E-state index contributed by atoms with van der Waals surface area (Å²) in [6, 6.07) is 1.65. The van der Waals surface area contributed by atoms with Crippen LogP contribution in [0.4, 0.5) is 0 Å². The van der Waals surface area contributed by atoms with Crippen molar-refractivity contribution in [1.29, 1.82) is 0 Å². The van der Waals surface area contributed by atoms with E-state index in [0.717, 1.165) is 37.7 Å². The number of aliphatic hydroxyl groups is 1. The lowest BCUT2D eigenvalue weighted by Gasteiger charge is -2.23. The van der Waals surface area contributed by atoms with Gasteiger partial charge in [0.05, 0.1) is 6.20 Å². The van der Waals surface area contributed by atoms with E-state index in [1.54, 1.807) is 16.9 Å². The Balaban J connectivity index is 1.62. The van der Waals surface area contributed by atoms with Gasteiger partial charge in [0, 0.05) is 30.8 Å². The first-order valence-electron chi connectivity index (χ1n) is 8.52. The quantitative estimate of drug-likeness (QED) is 0.816. The third-order valence-corrected chi connectivity index (χ3v) is 4.58. The molecule has 1 fully saturated rings. The molecule has 2 aromatic heterocycles. The highest BCUT2D eigenvalue weighted by Crippen LogP contribution is 2.23. The number of amides is 1. The molecule has 0 saturated heterocycles. The fraction of sp³-hybridized carbons (Fsp3) is 0.588. The highest BCUT2D eigenvalue weighted by Gasteiger charge is 2.26. The molecule has 0 aliphatic heterocycles. The van der Waals surface area contributed by atoms with E-state index in [1.165, 1.54) is 0 Å². The SMILES string of the molecule is Cc1cnn(Cc2cc(C(=O)NC3CCCCCC3CO)no2)c1. The monoisotopic (exact) mass is 332 g/mol. The molecule has 0 aromatic carbocycles. The van der Waals surface area contributed by atoms with Crippen LogP contribution in [0.5, 0.6) is 0 Å². The first kappa shape index (κ1) is 16.7. The van der Waals surface area contributed by atoms with E-state index < -0.39 is 0 Å². The van der Waals surface area contributed by atoms with E-state index in [4.69, 9.17) is 4.52 Å². The molecule has 3 rings (SSSR count). The zero-order valence-corrected chi connectivity index (χ0v) is 13.9. The maximum atomic E-state index is 12.4. The predicted octanol–water partition coefficient (Wildman–Crippen LogP) is 1.90. The molecule has 1 amide bonds. The number of carbonyl (C=O) groups is 1. The molecule has 2 unspecified atom stereocenters. The summed E-state index contributed by atoms with van der Waals surface area (Å²) < 4.78 is 6.99. The van der Waals surface area contributed by atoms with Crippen LogP contribution < -0.4 is 5.32 Å². The maximum absolute atomic E-state index is 12.4. The Morgan fingerprint density at radius 1 is 1.42 bits per heavy atom. The van der Waals surface area contributed by atoms with E-state index in [0.29, 0.717) is 12.3 Å². The Bertz CT molecular complexity index is 679. The molecule has 1 saturated carbocycles. The second-order valence-electron chi connectivity index (χ2n) is 6.55. The van der Waals surface area contributed by atoms with Crippen molar-refractivity contribution in [3.63, 3.8) is 0 Å². The molecule has 0 radical (unpaired) electrons. The van der Waals surface area contributed by atoms with E-state index in [9.17, 15) is 9.90 Å². The number of rotatable bonds is 5. The molecule has 2 heterocycles. The van der Waals surface area contributed by atoms with E-state index >= 15 is 0 Å². The second kappa shape index (κ2) is 7.61. The van der Waals surface area contributed by atoms with Gasteiger partial charge in [0.15, 0.2) is 11.5 Å². The van der Waals surface area contributed by atoms with E-state index in [-0.39, 0.29) is 30.2 Å². The van der Waals surface area contributed by atoms with Gasteiger partial charge >= 0.3 is 0 Å². The Morgan fingerprint density at radius 2 is 2.25 bits per heavy atom. The summed E-state index contributed by atoms with van der Waals surface area (Å²) in [6.07, 6.45) is 8.85. The van der Waals surface area contributed by atoms with Gasteiger partial charge in [-0.3, -0.25) is 9.48 Å². The van der Waals surface area contributed by atoms with Crippen molar-refractivity contribution in [3.05, 3.63) is 35.5 Å². The summed E-state index contributed by atoms with van der Waals surface area (Å²) in [5.41, 5.74) is 1.34. The van der Waals surface area contributed by atoms with Crippen molar-refractivity contribution in [1.82, 2.24) is 20.3 Å². The van der Waals surface area contributed by atoms with Gasteiger partial charge in [0.25, 0.3) is 5.91 Å². The molecule has 2 aromatic rings. The smallest absolute Gasteiger partial charge is 0.273 e. The first-order chi connectivity index (χ1) is 11.7. The van der Waals surface area contributed by atoms with Crippen molar-refractivity contribution in [3.8, 4) is 0 Å². The fourth-order valence-corrected chi connectivity index (χ4v) is 3.24. The van der Waals surface area contributed by atoms with Crippen molar-refractivity contribution in [2.24, 2.45) is 5.92 Å². The summed E-state index contributed by atoms with van der Waals surface area (Å²) in [7, 11) is 0. The van der Waals surface area contributed by atoms with Gasteiger partial charge in [-0.15, -0.1) is 0 Å². The highest BCUT2D eigenvalue weighted by atomic mass is 16.5. The Hall–Kier alpha value is -2.15. The standard InChI is InChI=1S/C17H24N4O3/c1-12-8-18-21(9-12)10-14-7-16(20-24-14)17(23)19-15-6-4-2-3-5-13(15)11-22/h7-9,13,15,22H,2-6,10-11H2,1H3,(H,19,23). The van der Waals surface area contributed by atoms with Gasteiger partial charge < -0.3 is 14.9 Å². The average Bonchev–Trinajstić information content (AvgIpc) is 3.13. The lowest BCUT2D eigenvalue weighted by atomic mass is 9.95. The average molecular weight is 332 g/mol. The minimum absolute atomic E-state index is 0.00100. The number of hydrogen-bond donors (Lipinski definition) is 2. The van der Waals surface area contributed by atoms with Crippen molar-refractivity contribution in [2.75, 3.05) is 6.61 Å². The highest BCUT2D eigenvalue weighted by molar-refractivity contribution is 5.92. The van der Waals surface area contributed by atoms with Gasteiger partial charge in [-0.05, 0) is 25.3 Å². The van der Waals surface area contributed by atoms with Crippen LogP contribution in [-0.2, 0) is 6.54 Å². The first-order valence-corrected chi connectivity index (χ1v) is 8.52. The zero-order valence-electron chi connectivity index (χ0n) is 13.9.